The Morgan fingerprint density at radius 2 is 1.85 bits per heavy atom. The van der Waals surface area contributed by atoms with Gasteiger partial charge in [-0.05, 0) is 55.2 Å². The summed E-state index contributed by atoms with van der Waals surface area (Å²) >= 11 is 0. The van der Waals surface area contributed by atoms with Crippen molar-refractivity contribution in [2.24, 2.45) is 0 Å². The molecule has 1 heterocycles. The largest absolute Gasteiger partial charge is 0.468 e. The number of hydrogen-bond acceptors (Lipinski definition) is 6. The number of hydrogen-bond donors (Lipinski definition) is 1. The average Bonchev–Trinajstić information content (AvgIpc) is 3.44. The van der Waals surface area contributed by atoms with Gasteiger partial charge in [-0.3, -0.25) is 14.9 Å². The molecule has 172 valence electrons. The monoisotopic (exact) mass is 469 g/mol. The second kappa shape index (κ2) is 9.16. The minimum Gasteiger partial charge on any atom is -0.468 e. The molecule has 3 aromatic rings. The molecule has 0 aliphatic heterocycles. The summed E-state index contributed by atoms with van der Waals surface area (Å²) in [6.07, 6.45) is 3.40. The number of amides is 1. The molecule has 1 amide bonds. The fourth-order valence-electron chi connectivity index (χ4n) is 3.51. The van der Waals surface area contributed by atoms with Crippen LogP contribution in [0.4, 0.5) is 5.69 Å². The maximum atomic E-state index is 13.6. The highest BCUT2D eigenvalue weighted by Gasteiger charge is 2.34. The summed E-state index contributed by atoms with van der Waals surface area (Å²) in [6.45, 7) is 1.36. The quantitative estimate of drug-likeness (QED) is 0.376. The third-order valence-electron chi connectivity index (χ3n) is 5.39. The number of nitro benzene ring substituents is 1. The minimum atomic E-state index is -4.26. The van der Waals surface area contributed by atoms with Crippen molar-refractivity contribution in [1.82, 2.24) is 9.62 Å². The molecule has 1 aliphatic carbocycles. The summed E-state index contributed by atoms with van der Waals surface area (Å²) in [6, 6.07) is 14.3. The topological polar surface area (TPSA) is 123 Å². The molecular formula is C23H23N3O6S. The number of furan rings is 1. The van der Waals surface area contributed by atoms with Gasteiger partial charge in [0.05, 0.1) is 17.7 Å². The van der Waals surface area contributed by atoms with Crippen LogP contribution in [-0.4, -0.2) is 29.6 Å². The maximum absolute atomic E-state index is 13.6. The SMILES string of the molecule is Cc1cccc([N+](=O)[O-])c1S(=O)(=O)N(Cc1ccc(C(=O)NC2CC2)cc1)Cc1ccco1. The van der Waals surface area contributed by atoms with E-state index in [2.05, 4.69) is 5.32 Å². The summed E-state index contributed by atoms with van der Waals surface area (Å²) in [5, 5.41) is 14.5. The lowest BCUT2D eigenvalue weighted by Crippen LogP contribution is -2.31. The molecule has 4 rings (SSSR count). The van der Waals surface area contributed by atoms with Crippen LogP contribution in [0.3, 0.4) is 0 Å². The van der Waals surface area contributed by atoms with Crippen LogP contribution in [0.25, 0.3) is 0 Å². The van der Waals surface area contributed by atoms with Crippen molar-refractivity contribution in [3.05, 3.63) is 93.4 Å². The van der Waals surface area contributed by atoms with Gasteiger partial charge in [0, 0.05) is 24.2 Å². The average molecular weight is 470 g/mol. The van der Waals surface area contributed by atoms with Crippen molar-refractivity contribution in [3.8, 4) is 0 Å². The zero-order valence-electron chi connectivity index (χ0n) is 17.9. The number of nitrogens with one attached hydrogen (secondary N) is 1. The molecule has 9 nitrogen and oxygen atoms in total. The number of aryl methyl sites for hydroxylation is 1. The van der Waals surface area contributed by atoms with E-state index in [4.69, 9.17) is 4.42 Å². The van der Waals surface area contributed by atoms with Crippen LogP contribution in [0.5, 0.6) is 0 Å². The molecule has 33 heavy (non-hydrogen) atoms. The van der Waals surface area contributed by atoms with Gasteiger partial charge in [0.2, 0.25) is 0 Å². The van der Waals surface area contributed by atoms with E-state index in [0.717, 1.165) is 17.1 Å². The highest BCUT2D eigenvalue weighted by molar-refractivity contribution is 7.89. The summed E-state index contributed by atoms with van der Waals surface area (Å²) < 4.78 is 33.7. The van der Waals surface area contributed by atoms with Gasteiger partial charge in [-0.1, -0.05) is 24.3 Å². The highest BCUT2D eigenvalue weighted by atomic mass is 32.2. The number of sulfonamides is 1. The van der Waals surface area contributed by atoms with Gasteiger partial charge in [0.1, 0.15) is 5.76 Å². The molecular weight excluding hydrogens is 446 g/mol. The first-order valence-corrected chi connectivity index (χ1v) is 11.9. The van der Waals surface area contributed by atoms with Crippen LogP contribution in [0.1, 0.15) is 40.1 Å². The van der Waals surface area contributed by atoms with E-state index in [9.17, 15) is 23.3 Å². The number of benzene rings is 2. The second-order valence-electron chi connectivity index (χ2n) is 7.98. The number of carbonyl (C=O) groups excluding carboxylic acids is 1. The third-order valence-corrected chi connectivity index (χ3v) is 7.37. The predicted molar refractivity (Wildman–Crippen MR) is 120 cm³/mol. The number of nitrogens with zero attached hydrogens (tertiary/aromatic N) is 2. The first kappa shape index (κ1) is 22.7. The van der Waals surface area contributed by atoms with Crippen LogP contribution in [-0.2, 0) is 23.1 Å². The van der Waals surface area contributed by atoms with Crippen molar-refractivity contribution >= 4 is 21.6 Å². The fourth-order valence-corrected chi connectivity index (χ4v) is 5.27. The molecule has 2 aromatic carbocycles. The molecule has 1 saturated carbocycles. The number of nitro groups is 1. The van der Waals surface area contributed by atoms with Crippen LogP contribution in [0.2, 0.25) is 0 Å². The molecule has 1 N–H and O–H groups in total. The molecule has 1 aliphatic rings. The Labute approximate surface area is 191 Å². The summed E-state index contributed by atoms with van der Waals surface area (Å²) in [7, 11) is -4.26. The van der Waals surface area contributed by atoms with Crippen LogP contribution < -0.4 is 5.32 Å². The number of rotatable bonds is 9. The minimum absolute atomic E-state index is 0.0565. The Morgan fingerprint density at radius 1 is 1.12 bits per heavy atom. The molecule has 0 spiro atoms. The van der Waals surface area contributed by atoms with E-state index in [1.165, 1.54) is 31.4 Å². The Hall–Kier alpha value is -3.50. The molecule has 0 atom stereocenters. The van der Waals surface area contributed by atoms with Gasteiger partial charge in [0.25, 0.3) is 21.6 Å². The van der Waals surface area contributed by atoms with E-state index in [1.54, 1.807) is 36.4 Å². The van der Waals surface area contributed by atoms with Gasteiger partial charge < -0.3 is 9.73 Å². The molecule has 0 saturated heterocycles. The van der Waals surface area contributed by atoms with Gasteiger partial charge >= 0.3 is 0 Å². The van der Waals surface area contributed by atoms with Gasteiger partial charge in [0.15, 0.2) is 4.90 Å². The van der Waals surface area contributed by atoms with Crippen molar-refractivity contribution < 1.29 is 22.6 Å². The fraction of sp³-hybridized carbons (Fsp3) is 0.261. The van der Waals surface area contributed by atoms with Crippen molar-refractivity contribution in [3.63, 3.8) is 0 Å². The van der Waals surface area contributed by atoms with Crippen molar-refractivity contribution in [2.45, 2.75) is 43.8 Å². The lowest BCUT2D eigenvalue weighted by atomic mass is 10.1. The standard InChI is InChI=1S/C23H23N3O6S/c1-16-4-2-6-21(26(28)29)22(16)33(30,31)25(15-20-5-3-13-32-20)14-17-7-9-18(10-8-17)23(27)24-19-11-12-19/h2-10,13,19H,11-12,14-15H2,1H3,(H,24,27). The Bertz CT molecular complexity index is 1270. The van der Waals surface area contributed by atoms with Crippen LogP contribution >= 0.6 is 0 Å². The number of carbonyl (C=O) groups is 1. The second-order valence-corrected chi connectivity index (χ2v) is 9.85. The van der Waals surface area contributed by atoms with E-state index >= 15 is 0 Å². The van der Waals surface area contributed by atoms with E-state index in [0.29, 0.717) is 16.9 Å². The van der Waals surface area contributed by atoms with Crippen LogP contribution in [0, 0.1) is 17.0 Å². The van der Waals surface area contributed by atoms with E-state index < -0.39 is 20.6 Å². The molecule has 0 bridgehead atoms. The zero-order chi connectivity index (χ0) is 23.6. The summed E-state index contributed by atoms with van der Waals surface area (Å²) in [5.41, 5.74) is 0.914. The lowest BCUT2D eigenvalue weighted by molar-refractivity contribution is -0.387. The third kappa shape index (κ3) is 5.12. The molecule has 0 unspecified atom stereocenters. The highest BCUT2D eigenvalue weighted by Crippen LogP contribution is 2.31. The van der Waals surface area contributed by atoms with Gasteiger partial charge in [-0.15, -0.1) is 0 Å². The maximum Gasteiger partial charge on any atom is 0.289 e. The summed E-state index contributed by atoms with van der Waals surface area (Å²) in [4.78, 5) is 22.8. The molecule has 10 heteroatoms. The molecule has 1 aromatic heterocycles. The van der Waals surface area contributed by atoms with E-state index in [-0.39, 0.29) is 35.5 Å². The van der Waals surface area contributed by atoms with Gasteiger partial charge in [-0.2, -0.15) is 4.31 Å². The van der Waals surface area contributed by atoms with Gasteiger partial charge in [-0.25, -0.2) is 8.42 Å². The van der Waals surface area contributed by atoms with Crippen LogP contribution in [0.15, 0.2) is 70.2 Å². The molecule has 0 radical (unpaired) electrons. The van der Waals surface area contributed by atoms with Crippen molar-refractivity contribution in [2.75, 3.05) is 0 Å². The predicted octanol–water partition coefficient (Wildman–Crippen LogP) is 3.78. The normalized spacial score (nSPS) is 13.8. The summed E-state index contributed by atoms with van der Waals surface area (Å²) in [5.74, 6) is 0.231. The zero-order valence-corrected chi connectivity index (χ0v) is 18.7. The Kier molecular flexibility index (Phi) is 6.30. The Morgan fingerprint density at radius 3 is 2.45 bits per heavy atom. The first-order valence-electron chi connectivity index (χ1n) is 10.4. The Balaban J connectivity index is 1.66. The molecule has 1 fully saturated rings. The van der Waals surface area contributed by atoms with E-state index in [1.807, 2.05) is 0 Å². The first-order chi connectivity index (χ1) is 15.8. The lowest BCUT2D eigenvalue weighted by Gasteiger charge is -2.22. The van der Waals surface area contributed by atoms with Crippen molar-refractivity contribution in [1.29, 1.82) is 0 Å². The smallest absolute Gasteiger partial charge is 0.289 e.